The summed E-state index contributed by atoms with van der Waals surface area (Å²) >= 11 is 0. The molecule has 5 aromatic rings. The summed E-state index contributed by atoms with van der Waals surface area (Å²) in [6.07, 6.45) is -0.0785. The minimum absolute atomic E-state index is 0.151. The van der Waals surface area contributed by atoms with Gasteiger partial charge in [0, 0.05) is 36.4 Å². The molecule has 0 aliphatic carbocycles. The molecule has 7 atom stereocenters. The average molecular weight is 814 g/mol. The predicted octanol–water partition coefficient (Wildman–Crippen LogP) is 5.21. The van der Waals surface area contributed by atoms with Gasteiger partial charge in [-0.3, -0.25) is 28.7 Å². The second-order valence-corrected chi connectivity index (χ2v) is 15.9. The lowest BCUT2D eigenvalue weighted by Gasteiger charge is -2.39. The van der Waals surface area contributed by atoms with Crippen LogP contribution in [0.15, 0.2) is 110 Å². The normalized spacial score (nSPS) is 22.2. The zero-order valence-electron chi connectivity index (χ0n) is 32.8. The molecule has 2 aliphatic rings. The molecule has 0 amide bonds. The molecule has 15 nitrogen and oxygen atoms in total. The number of methoxy groups -OCH3 is 2. The van der Waals surface area contributed by atoms with Gasteiger partial charge in [0.15, 0.2) is 0 Å². The number of ether oxygens (including phenoxy) is 5. The van der Waals surface area contributed by atoms with Crippen LogP contribution in [0.4, 0.5) is 0 Å². The van der Waals surface area contributed by atoms with Gasteiger partial charge in [-0.15, -0.1) is 4.52 Å². The quantitative estimate of drug-likeness (QED) is 0.111. The van der Waals surface area contributed by atoms with Crippen LogP contribution in [0.1, 0.15) is 66.5 Å². The maximum absolute atomic E-state index is 14.1. The SMILES string of the molecule is CC[C@H]1O[C@@H](n2cc(C)c(=O)[nH]c2=O)CC1[P+](=O)OC[C@H]1O[C@@H](n2cc(C)c(=O)[nH]c2=O)CC1OC(c1ccccc1)(c1ccc(OC)cc1)c1ccc(OC)cc1. The molecule has 304 valence electrons. The molecule has 0 spiro atoms. The van der Waals surface area contributed by atoms with E-state index in [1.165, 1.54) is 21.5 Å². The molecule has 58 heavy (non-hydrogen) atoms. The van der Waals surface area contributed by atoms with Crippen LogP contribution in [0, 0.1) is 13.8 Å². The summed E-state index contributed by atoms with van der Waals surface area (Å²) < 4.78 is 54.1. The lowest BCUT2D eigenvalue weighted by atomic mass is 9.79. The molecule has 16 heteroatoms. The molecule has 2 N–H and O–H groups in total. The van der Waals surface area contributed by atoms with Gasteiger partial charge < -0.3 is 23.7 Å². The second-order valence-electron chi connectivity index (χ2n) is 14.4. The molecule has 2 aliphatic heterocycles. The van der Waals surface area contributed by atoms with Crippen molar-refractivity contribution in [3.8, 4) is 11.5 Å². The summed E-state index contributed by atoms with van der Waals surface area (Å²) in [7, 11) is 0.783. The molecule has 2 saturated heterocycles. The van der Waals surface area contributed by atoms with Crippen molar-refractivity contribution in [3.05, 3.63) is 161 Å². The Labute approximate surface area is 334 Å². The number of aromatic amines is 2. The van der Waals surface area contributed by atoms with Crippen LogP contribution < -0.4 is 32.0 Å². The summed E-state index contributed by atoms with van der Waals surface area (Å²) in [6.45, 7) is 4.89. The minimum Gasteiger partial charge on any atom is -0.497 e. The van der Waals surface area contributed by atoms with E-state index < -0.39 is 72.6 Å². The highest BCUT2D eigenvalue weighted by Gasteiger charge is 2.51. The Hall–Kier alpha value is -5.44. The van der Waals surface area contributed by atoms with E-state index in [-0.39, 0.29) is 19.4 Å². The van der Waals surface area contributed by atoms with E-state index in [4.69, 9.17) is 28.2 Å². The molecule has 7 rings (SSSR count). The highest BCUT2D eigenvalue weighted by molar-refractivity contribution is 7.40. The Morgan fingerprint density at radius 3 is 1.69 bits per heavy atom. The number of aromatic nitrogens is 4. The van der Waals surface area contributed by atoms with Gasteiger partial charge in [0.2, 0.25) is 5.66 Å². The number of nitrogens with zero attached hydrogens (tertiary/aromatic N) is 2. The Morgan fingerprint density at radius 2 is 1.19 bits per heavy atom. The van der Waals surface area contributed by atoms with Gasteiger partial charge >= 0.3 is 19.4 Å². The second kappa shape index (κ2) is 17.2. The van der Waals surface area contributed by atoms with Crippen molar-refractivity contribution in [2.24, 2.45) is 0 Å². The van der Waals surface area contributed by atoms with Gasteiger partial charge in [-0.05, 0) is 65.8 Å². The highest BCUT2D eigenvalue weighted by atomic mass is 31.1. The highest BCUT2D eigenvalue weighted by Crippen LogP contribution is 2.48. The number of rotatable bonds is 14. The first-order valence-corrected chi connectivity index (χ1v) is 20.3. The third-order valence-corrected chi connectivity index (χ3v) is 12.3. The monoisotopic (exact) mass is 813 g/mol. The number of H-pyrrole nitrogens is 2. The Morgan fingerprint density at radius 1 is 0.707 bits per heavy atom. The van der Waals surface area contributed by atoms with Crippen LogP contribution in [0.3, 0.4) is 0 Å². The molecule has 4 heterocycles. The summed E-state index contributed by atoms with van der Waals surface area (Å²) in [6, 6.07) is 24.8. The lowest BCUT2D eigenvalue weighted by Crippen LogP contribution is -2.41. The number of aryl methyl sites for hydroxylation is 2. The van der Waals surface area contributed by atoms with E-state index in [1.807, 2.05) is 85.8 Å². The van der Waals surface area contributed by atoms with E-state index in [9.17, 15) is 23.7 Å². The van der Waals surface area contributed by atoms with Crippen LogP contribution in [0.2, 0.25) is 0 Å². The van der Waals surface area contributed by atoms with E-state index in [0.717, 1.165) is 16.7 Å². The Kier molecular flexibility index (Phi) is 12.1. The fraction of sp³-hybridized carbons (Fsp3) is 0.381. The number of hydrogen-bond donors (Lipinski definition) is 2. The first kappa shape index (κ1) is 40.7. The van der Waals surface area contributed by atoms with Crippen LogP contribution in [-0.4, -0.2) is 63.9 Å². The van der Waals surface area contributed by atoms with Gasteiger partial charge in [-0.25, -0.2) is 9.59 Å². The smallest absolute Gasteiger partial charge is 0.497 e. The van der Waals surface area contributed by atoms with Crippen molar-refractivity contribution in [2.45, 2.75) is 82.1 Å². The third kappa shape index (κ3) is 8.00. The van der Waals surface area contributed by atoms with E-state index in [0.29, 0.717) is 29.0 Å². The van der Waals surface area contributed by atoms with Crippen molar-refractivity contribution >= 4 is 8.03 Å². The molecule has 3 unspecified atom stereocenters. The number of nitrogens with one attached hydrogen (secondary N) is 2. The first-order valence-electron chi connectivity index (χ1n) is 19.0. The minimum atomic E-state index is -2.40. The Balaban J connectivity index is 1.26. The van der Waals surface area contributed by atoms with Crippen molar-refractivity contribution in [2.75, 3.05) is 20.8 Å². The first-order chi connectivity index (χ1) is 27.9. The topological polar surface area (TPSA) is 182 Å². The number of benzene rings is 3. The van der Waals surface area contributed by atoms with Gasteiger partial charge in [0.1, 0.15) is 48.4 Å². The molecule has 2 fully saturated rings. The largest absolute Gasteiger partial charge is 0.514 e. The van der Waals surface area contributed by atoms with Crippen molar-refractivity contribution < 1.29 is 32.8 Å². The van der Waals surface area contributed by atoms with Crippen molar-refractivity contribution in [3.63, 3.8) is 0 Å². The molecule has 3 aromatic carbocycles. The standard InChI is InChI=1S/C42H45N4O11P/c1-6-32-35(21-37(55-32)46-23-26(3)39(48)44-41(46)50)58(51)54-24-34-33(20-36(56-34)45-22-25(2)38(47)43-40(45)49)57-42(27-10-8-7-9-11-27,28-12-16-30(52-4)17-13-28)29-14-18-31(53-5)19-15-29/h7-19,22-23,32-37H,6,20-21,24H2,1-5H3,(H-,43,44,47,48,49,50)/p+1/t32-,33?,34-,35?,36-,37-/m1/s1. The lowest BCUT2D eigenvalue weighted by molar-refractivity contribution is -0.0960. The predicted molar refractivity (Wildman–Crippen MR) is 214 cm³/mol. The molecule has 2 aromatic heterocycles. The zero-order chi connectivity index (χ0) is 41.1. The average Bonchev–Trinajstić information content (AvgIpc) is 3.86. The van der Waals surface area contributed by atoms with Gasteiger partial charge in [-0.1, -0.05) is 61.5 Å². The third-order valence-electron chi connectivity index (χ3n) is 10.8. The molecular weight excluding hydrogens is 767 g/mol. The molecule has 0 bridgehead atoms. The van der Waals surface area contributed by atoms with Gasteiger partial charge in [0.25, 0.3) is 11.1 Å². The van der Waals surface area contributed by atoms with Crippen LogP contribution in [0.5, 0.6) is 11.5 Å². The Bertz CT molecular complexity index is 2430. The summed E-state index contributed by atoms with van der Waals surface area (Å²) in [5.41, 5.74) is -1.14. The van der Waals surface area contributed by atoms with Crippen molar-refractivity contribution in [1.29, 1.82) is 0 Å². The van der Waals surface area contributed by atoms with Crippen molar-refractivity contribution in [1.82, 2.24) is 19.1 Å². The zero-order valence-corrected chi connectivity index (χ0v) is 33.7. The van der Waals surface area contributed by atoms with Crippen LogP contribution in [-0.2, 0) is 28.9 Å². The summed E-state index contributed by atoms with van der Waals surface area (Å²) in [5, 5.41) is 0. The van der Waals surface area contributed by atoms with E-state index in [2.05, 4.69) is 9.97 Å². The molecular formula is C42H46N4O11P+. The molecule has 0 saturated carbocycles. The summed E-state index contributed by atoms with van der Waals surface area (Å²) in [5.74, 6) is 1.30. The fourth-order valence-corrected chi connectivity index (χ4v) is 9.11. The van der Waals surface area contributed by atoms with Gasteiger partial charge in [-0.2, -0.15) is 0 Å². The van der Waals surface area contributed by atoms with Crippen LogP contribution in [0.25, 0.3) is 0 Å². The maximum atomic E-state index is 14.1. The maximum Gasteiger partial charge on any atom is 0.514 e. The summed E-state index contributed by atoms with van der Waals surface area (Å²) in [4.78, 5) is 55.0. The fourth-order valence-electron chi connectivity index (χ4n) is 7.72. The number of hydrogen-bond acceptors (Lipinski definition) is 11. The van der Waals surface area contributed by atoms with Gasteiger partial charge in [0.05, 0.1) is 20.3 Å². The van der Waals surface area contributed by atoms with E-state index in [1.54, 1.807) is 28.1 Å². The van der Waals surface area contributed by atoms with E-state index >= 15 is 0 Å². The van der Waals surface area contributed by atoms with Crippen LogP contribution >= 0.6 is 8.03 Å². The molecule has 0 radical (unpaired) electrons.